The van der Waals surface area contributed by atoms with E-state index in [0.717, 1.165) is 17.9 Å². The van der Waals surface area contributed by atoms with Crippen molar-refractivity contribution in [3.05, 3.63) is 17.8 Å². The van der Waals surface area contributed by atoms with Gasteiger partial charge in [-0.3, -0.25) is 0 Å². The first-order valence-corrected chi connectivity index (χ1v) is 6.17. The summed E-state index contributed by atoms with van der Waals surface area (Å²) in [5, 5.41) is 9.31. The molecule has 1 aromatic heterocycles. The van der Waals surface area contributed by atoms with Gasteiger partial charge in [-0.2, -0.15) is 0 Å². The van der Waals surface area contributed by atoms with Crippen LogP contribution >= 0.6 is 0 Å². The zero-order chi connectivity index (χ0) is 13.3. The van der Waals surface area contributed by atoms with Crippen molar-refractivity contribution in [1.29, 1.82) is 0 Å². The average Bonchev–Trinajstić information content (AvgIpc) is 2.26. The zero-order valence-corrected chi connectivity index (χ0v) is 11.2. The van der Waals surface area contributed by atoms with Crippen molar-refractivity contribution in [2.45, 2.75) is 32.5 Å². The van der Waals surface area contributed by atoms with Gasteiger partial charge >= 0.3 is 0 Å². The number of hydrogen-bond acceptors (Lipinski definition) is 5. The smallest absolute Gasteiger partial charge is 0.131 e. The Kier molecular flexibility index (Phi) is 3.45. The second-order valence-corrected chi connectivity index (χ2v) is 5.47. The fourth-order valence-corrected chi connectivity index (χ4v) is 2.47. The minimum atomic E-state index is -0.291. The van der Waals surface area contributed by atoms with Gasteiger partial charge in [0.2, 0.25) is 0 Å². The lowest BCUT2D eigenvalue weighted by Gasteiger charge is -2.43. The first-order valence-electron chi connectivity index (χ1n) is 6.17. The summed E-state index contributed by atoms with van der Waals surface area (Å²) in [7, 11) is 0. The number of morpholine rings is 1. The molecule has 1 aliphatic heterocycles. The average molecular weight is 251 g/mol. The summed E-state index contributed by atoms with van der Waals surface area (Å²) >= 11 is 0. The molecular formula is C13H21N3O2. The predicted octanol–water partition coefficient (Wildman–Crippen LogP) is 0.948. The Hall–Kier alpha value is -1.33. The fourth-order valence-electron chi connectivity index (χ4n) is 2.47. The van der Waals surface area contributed by atoms with E-state index in [1.54, 1.807) is 6.20 Å². The molecule has 0 amide bonds. The monoisotopic (exact) mass is 251 g/mol. The highest BCUT2D eigenvalue weighted by molar-refractivity contribution is 5.53. The lowest BCUT2D eigenvalue weighted by atomic mass is 10.0. The number of anilines is 2. The standard InChI is InChI=1S/C13H21N3O2/c1-9-4-10(14)5-15-12(9)16-6-11(7-17)18-13(2,3)8-16/h4-5,11,17H,6-8,14H2,1-3H3. The first kappa shape index (κ1) is 13.1. The van der Waals surface area contributed by atoms with Crippen LogP contribution in [0.2, 0.25) is 0 Å². The normalized spacial score (nSPS) is 23.1. The molecule has 1 unspecified atom stereocenters. The molecule has 1 fully saturated rings. The van der Waals surface area contributed by atoms with Crippen molar-refractivity contribution in [2.24, 2.45) is 0 Å². The van der Waals surface area contributed by atoms with Crippen LogP contribution in [0.3, 0.4) is 0 Å². The van der Waals surface area contributed by atoms with Gasteiger partial charge in [0, 0.05) is 13.1 Å². The zero-order valence-electron chi connectivity index (χ0n) is 11.2. The summed E-state index contributed by atoms with van der Waals surface area (Å²) in [5.74, 6) is 0.916. The van der Waals surface area contributed by atoms with E-state index in [2.05, 4.69) is 9.88 Å². The molecule has 1 atom stereocenters. The molecule has 0 aromatic carbocycles. The molecule has 0 saturated carbocycles. The van der Waals surface area contributed by atoms with Crippen LogP contribution in [0.15, 0.2) is 12.3 Å². The molecule has 0 bridgehead atoms. The van der Waals surface area contributed by atoms with E-state index in [0.29, 0.717) is 12.2 Å². The topological polar surface area (TPSA) is 71.6 Å². The van der Waals surface area contributed by atoms with Gasteiger partial charge in [0.15, 0.2) is 0 Å². The lowest BCUT2D eigenvalue weighted by molar-refractivity contribution is -0.101. The van der Waals surface area contributed by atoms with E-state index < -0.39 is 0 Å². The number of hydrogen-bond donors (Lipinski definition) is 2. The molecule has 0 spiro atoms. The minimum Gasteiger partial charge on any atom is -0.397 e. The number of aryl methyl sites for hydroxylation is 1. The molecule has 5 heteroatoms. The SMILES string of the molecule is Cc1cc(N)cnc1N1CC(CO)OC(C)(C)C1. The van der Waals surface area contributed by atoms with E-state index in [4.69, 9.17) is 10.5 Å². The van der Waals surface area contributed by atoms with Crippen molar-refractivity contribution >= 4 is 11.5 Å². The molecule has 2 rings (SSSR count). The van der Waals surface area contributed by atoms with Crippen molar-refractivity contribution in [3.63, 3.8) is 0 Å². The van der Waals surface area contributed by atoms with Crippen LogP contribution in [-0.4, -0.2) is 41.5 Å². The molecular weight excluding hydrogens is 230 g/mol. The number of aromatic nitrogens is 1. The van der Waals surface area contributed by atoms with E-state index in [1.165, 1.54) is 0 Å². The molecule has 1 saturated heterocycles. The number of pyridine rings is 1. The van der Waals surface area contributed by atoms with E-state index in [1.807, 2.05) is 26.8 Å². The largest absolute Gasteiger partial charge is 0.397 e. The molecule has 2 heterocycles. The van der Waals surface area contributed by atoms with Crippen LogP contribution in [0.1, 0.15) is 19.4 Å². The molecule has 18 heavy (non-hydrogen) atoms. The van der Waals surface area contributed by atoms with Crippen LogP contribution in [-0.2, 0) is 4.74 Å². The van der Waals surface area contributed by atoms with Gasteiger partial charge in [-0.1, -0.05) is 0 Å². The molecule has 1 aliphatic rings. The summed E-state index contributed by atoms with van der Waals surface area (Å²) in [4.78, 5) is 6.55. The number of aliphatic hydroxyl groups excluding tert-OH is 1. The minimum absolute atomic E-state index is 0.0218. The quantitative estimate of drug-likeness (QED) is 0.818. The molecule has 3 N–H and O–H groups in total. The third-order valence-electron chi connectivity index (χ3n) is 3.06. The maximum Gasteiger partial charge on any atom is 0.131 e. The molecule has 0 radical (unpaired) electrons. The highest BCUT2D eigenvalue weighted by atomic mass is 16.5. The Morgan fingerprint density at radius 2 is 2.33 bits per heavy atom. The fraction of sp³-hybridized carbons (Fsp3) is 0.615. The van der Waals surface area contributed by atoms with E-state index in [9.17, 15) is 5.11 Å². The number of nitrogen functional groups attached to an aromatic ring is 1. The third-order valence-corrected chi connectivity index (χ3v) is 3.06. The summed E-state index contributed by atoms with van der Waals surface area (Å²) in [5.41, 5.74) is 7.14. The summed E-state index contributed by atoms with van der Waals surface area (Å²) < 4.78 is 5.79. The maximum atomic E-state index is 9.31. The number of rotatable bonds is 2. The Bertz CT molecular complexity index is 434. The van der Waals surface area contributed by atoms with Gasteiger partial charge in [0.1, 0.15) is 5.82 Å². The Morgan fingerprint density at radius 1 is 1.61 bits per heavy atom. The number of aliphatic hydroxyl groups is 1. The van der Waals surface area contributed by atoms with Crippen molar-refractivity contribution in [3.8, 4) is 0 Å². The maximum absolute atomic E-state index is 9.31. The third kappa shape index (κ3) is 2.73. The van der Waals surface area contributed by atoms with Gasteiger partial charge in [0.05, 0.1) is 30.2 Å². The highest BCUT2D eigenvalue weighted by Crippen LogP contribution is 2.27. The number of ether oxygens (including phenoxy) is 1. The van der Waals surface area contributed by atoms with Gasteiger partial charge in [-0.05, 0) is 32.4 Å². The van der Waals surface area contributed by atoms with Gasteiger partial charge in [-0.15, -0.1) is 0 Å². The highest BCUT2D eigenvalue weighted by Gasteiger charge is 2.34. The number of nitrogens with two attached hydrogens (primary N) is 1. The number of nitrogens with zero attached hydrogens (tertiary/aromatic N) is 2. The summed E-state index contributed by atoms with van der Waals surface area (Å²) in [6.07, 6.45) is 1.49. The van der Waals surface area contributed by atoms with Crippen LogP contribution < -0.4 is 10.6 Å². The molecule has 5 nitrogen and oxygen atoms in total. The van der Waals surface area contributed by atoms with Crippen LogP contribution in [0.4, 0.5) is 11.5 Å². The second-order valence-electron chi connectivity index (χ2n) is 5.47. The lowest BCUT2D eigenvalue weighted by Crippen LogP contribution is -2.54. The van der Waals surface area contributed by atoms with E-state index >= 15 is 0 Å². The molecule has 0 aliphatic carbocycles. The van der Waals surface area contributed by atoms with Crippen LogP contribution in [0.5, 0.6) is 0 Å². The molecule has 1 aromatic rings. The summed E-state index contributed by atoms with van der Waals surface area (Å²) in [6.45, 7) is 7.46. The van der Waals surface area contributed by atoms with Crippen molar-refractivity contribution < 1.29 is 9.84 Å². The van der Waals surface area contributed by atoms with Gasteiger partial charge < -0.3 is 20.5 Å². The Labute approximate surface area is 108 Å². The van der Waals surface area contributed by atoms with Crippen molar-refractivity contribution in [1.82, 2.24) is 4.98 Å². The van der Waals surface area contributed by atoms with Gasteiger partial charge in [0.25, 0.3) is 0 Å². The van der Waals surface area contributed by atoms with Crippen LogP contribution in [0, 0.1) is 6.92 Å². The van der Waals surface area contributed by atoms with Gasteiger partial charge in [-0.25, -0.2) is 4.98 Å². The Morgan fingerprint density at radius 3 is 2.94 bits per heavy atom. The predicted molar refractivity (Wildman–Crippen MR) is 71.6 cm³/mol. The second kappa shape index (κ2) is 4.74. The molecule has 100 valence electrons. The summed E-state index contributed by atoms with van der Waals surface area (Å²) in [6, 6.07) is 1.92. The van der Waals surface area contributed by atoms with Crippen molar-refractivity contribution in [2.75, 3.05) is 30.3 Å². The Balaban J connectivity index is 2.26. The van der Waals surface area contributed by atoms with Crippen LogP contribution in [0.25, 0.3) is 0 Å². The first-order chi connectivity index (χ1) is 8.41. The van der Waals surface area contributed by atoms with E-state index in [-0.39, 0.29) is 18.3 Å².